The summed E-state index contributed by atoms with van der Waals surface area (Å²) in [7, 11) is 0. The number of hydrogen-bond acceptors (Lipinski definition) is 3. The molecule has 2 atom stereocenters. The van der Waals surface area contributed by atoms with Gasteiger partial charge in [0.05, 0.1) is 0 Å². The molecule has 0 aliphatic carbocycles. The second-order valence-corrected chi connectivity index (χ2v) is 5.39. The van der Waals surface area contributed by atoms with Crippen molar-refractivity contribution in [1.29, 1.82) is 0 Å². The minimum absolute atomic E-state index is 0.357. The van der Waals surface area contributed by atoms with Crippen LogP contribution in [0.15, 0.2) is 17.5 Å². The van der Waals surface area contributed by atoms with Crippen LogP contribution in [-0.4, -0.2) is 18.2 Å². The van der Waals surface area contributed by atoms with Crippen LogP contribution in [0.3, 0.4) is 0 Å². The van der Waals surface area contributed by atoms with Gasteiger partial charge in [-0.15, -0.1) is 11.3 Å². The molecule has 1 heterocycles. The zero-order valence-corrected chi connectivity index (χ0v) is 10.6. The Bertz CT molecular complexity index is 259. The van der Waals surface area contributed by atoms with Gasteiger partial charge < -0.3 is 10.4 Å². The summed E-state index contributed by atoms with van der Waals surface area (Å²) >= 11 is 1.61. The molecule has 1 rings (SSSR count). The van der Waals surface area contributed by atoms with Crippen molar-refractivity contribution < 1.29 is 5.11 Å². The van der Waals surface area contributed by atoms with Crippen LogP contribution in [0.25, 0.3) is 0 Å². The highest BCUT2D eigenvalue weighted by atomic mass is 32.1. The van der Waals surface area contributed by atoms with Crippen LogP contribution in [0.2, 0.25) is 0 Å². The molecule has 0 fully saturated rings. The van der Waals surface area contributed by atoms with E-state index in [9.17, 15) is 5.11 Å². The Morgan fingerprint density at radius 1 is 1.33 bits per heavy atom. The summed E-state index contributed by atoms with van der Waals surface area (Å²) in [6.07, 6.45) is -0.357. The Kier molecular flexibility index (Phi) is 5.29. The molecule has 0 bridgehead atoms. The van der Waals surface area contributed by atoms with Crippen molar-refractivity contribution in [3.63, 3.8) is 0 Å². The van der Waals surface area contributed by atoms with Crippen molar-refractivity contribution >= 4 is 11.3 Å². The van der Waals surface area contributed by atoms with Gasteiger partial charge in [0.25, 0.3) is 0 Å². The van der Waals surface area contributed by atoms with E-state index in [-0.39, 0.29) is 6.10 Å². The molecular formula is C12H21NOS. The summed E-state index contributed by atoms with van der Waals surface area (Å²) in [4.78, 5) is 1.04. The lowest BCUT2D eigenvalue weighted by Crippen LogP contribution is -2.28. The van der Waals surface area contributed by atoms with Gasteiger partial charge in [-0.25, -0.2) is 0 Å². The molecule has 0 saturated heterocycles. The molecule has 2 nitrogen and oxygen atoms in total. The van der Waals surface area contributed by atoms with Gasteiger partial charge in [0.15, 0.2) is 0 Å². The standard InChI is InChI=1S/C12H21NOS/c1-9(2)10(3)7-13-8-11(14)12-5-4-6-15-12/h4-6,9-11,13-14H,7-8H2,1-3H3. The zero-order valence-electron chi connectivity index (χ0n) is 9.73. The molecule has 0 aliphatic heterocycles. The summed E-state index contributed by atoms with van der Waals surface area (Å²) in [5, 5.41) is 15.1. The lowest BCUT2D eigenvalue weighted by molar-refractivity contribution is 0.175. The number of aliphatic hydroxyl groups excluding tert-OH is 1. The summed E-state index contributed by atoms with van der Waals surface area (Å²) < 4.78 is 0. The van der Waals surface area contributed by atoms with Crippen molar-refractivity contribution in [1.82, 2.24) is 5.32 Å². The third-order valence-corrected chi connectivity index (χ3v) is 3.79. The number of rotatable bonds is 6. The van der Waals surface area contributed by atoms with Crippen molar-refractivity contribution in [3.8, 4) is 0 Å². The molecule has 15 heavy (non-hydrogen) atoms. The van der Waals surface area contributed by atoms with E-state index in [1.54, 1.807) is 11.3 Å². The van der Waals surface area contributed by atoms with Gasteiger partial charge >= 0.3 is 0 Å². The van der Waals surface area contributed by atoms with Crippen molar-refractivity contribution in [3.05, 3.63) is 22.4 Å². The maximum absolute atomic E-state index is 9.81. The van der Waals surface area contributed by atoms with Crippen LogP contribution in [-0.2, 0) is 0 Å². The lowest BCUT2D eigenvalue weighted by Gasteiger charge is -2.17. The first-order chi connectivity index (χ1) is 7.11. The van der Waals surface area contributed by atoms with Gasteiger partial charge in [-0.3, -0.25) is 0 Å². The first-order valence-corrected chi connectivity index (χ1v) is 6.41. The molecule has 0 radical (unpaired) electrons. The topological polar surface area (TPSA) is 32.3 Å². The fourth-order valence-electron chi connectivity index (χ4n) is 1.26. The van der Waals surface area contributed by atoms with E-state index in [0.29, 0.717) is 18.4 Å². The molecule has 0 spiro atoms. The summed E-state index contributed by atoms with van der Waals surface area (Å²) in [5.74, 6) is 1.34. The predicted molar refractivity (Wildman–Crippen MR) is 66.2 cm³/mol. The Morgan fingerprint density at radius 3 is 2.60 bits per heavy atom. The monoisotopic (exact) mass is 227 g/mol. The molecule has 86 valence electrons. The number of nitrogens with one attached hydrogen (secondary N) is 1. The SMILES string of the molecule is CC(C)C(C)CNCC(O)c1cccs1. The maximum atomic E-state index is 9.81. The third kappa shape index (κ3) is 4.33. The van der Waals surface area contributed by atoms with Gasteiger partial charge in [-0.1, -0.05) is 26.8 Å². The molecule has 3 heteroatoms. The van der Waals surface area contributed by atoms with E-state index >= 15 is 0 Å². The van der Waals surface area contributed by atoms with Crippen LogP contribution in [0, 0.1) is 11.8 Å². The highest BCUT2D eigenvalue weighted by Crippen LogP contribution is 2.17. The summed E-state index contributed by atoms with van der Waals surface area (Å²) in [6, 6.07) is 3.95. The van der Waals surface area contributed by atoms with Gasteiger partial charge in [0.2, 0.25) is 0 Å². The average Bonchev–Trinajstić information content (AvgIpc) is 2.70. The van der Waals surface area contributed by atoms with Crippen LogP contribution >= 0.6 is 11.3 Å². The average molecular weight is 227 g/mol. The Morgan fingerprint density at radius 2 is 2.07 bits per heavy atom. The quantitative estimate of drug-likeness (QED) is 0.783. The molecule has 2 N–H and O–H groups in total. The normalized spacial score (nSPS) is 15.5. The van der Waals surface area contributed by atoms with Crippen LogP contribution < -0.4 is 5.32 Å². The van der Waals surface area contributed by atoms with Crippen molar-refractivity contribution in [2.75, 3.05) is 13.1 Å². The second-order valence-electron chi connectivity index (χ2n) is 4.41. The molecule has 1 aromatic rings. The van der Waals surface area contributed by atoms with Crippen molar-refractivity contribution in [2.45, 2.75) is 26.9 Å². The Labute approximate surface area is 96.3 Å². The van der Waals surface area contributed by atoms with Gasteiger partial charge in [-0.05, 0) is 29.8 Å². The molecule has 0 aliphatic rings. The largest absolute Gasteiger partial charge is 0.386 e. The van der Waals surface area contributed by atoms with Gasteiger partial charge in [0.1, 0.15) is 6.10 Å². The minimum atomic E-state index is -0.357. The summed E-state index contributed by atoms with van der Waals surface area (Å²) in [6.45, 7) is 8.30. The fraction of sp³-hybridized carbons (Fsp3) is 0.667. The second kappa shape index (κ2) is 6.26. The Balaban J connectivity index is 2.21. The molecule has 2 unspecified atom stereocenters. The molecule has 0 amide bonds. The third-order valence-electron chi connectivity index (χ3n) is 2.81. The maximum Gasteiger partial charge on any atom is 0.101 e. The van der Waals surface area contributed by atoms with Crippen LogP contribution in [0.1, 0.15) is 31.8 Å². The number of aliphatic hydroxyl groups is 1. The Hall–Kier alpha value is -0.380. The first kappa shape index (κ1) is 12.7. The first-order valence-electron chi connectivity index (χ1n) is 5.53. The highest BCUT2D eigenvalue weighted by molar-refractivity contribution is 7.10. The summed E-state index contributed by atoms with van der Waals surface area (Å²) in [5.41, 5.74) is 0. The van der Waals surface area contributed by atoms with Crippen LogP contribution in [0.4, 0.5) is 0 Å². The lowest BCUT2D eigenvalue weighted by atomic mass is 9.98. The van der Waals surface area contributed by atoms with Gasteiger partial charge in [0, 0.05) is 11.4 Å². The molecular weight excluding hydrogens is 206 g/mol. The number of hydrogen-bond donors (Lipinski definition) is 2. The van der Waals surface area contributed by atoms with E-state index in [4.69, 9.17) is 0 Å². The highest BCUT2D eigenvalue weighted by Gasteiger charge is 2.10. The van der Waals surface area contributed by atoms with E-state index in [1.807, 2.05) is 17.5 Å². The van der Waals surface area contributed by atoms with E-state index in [0.717, 1.165) is 11.4 Å². The smallest absolute Gasteiger partial charge is 0.101 e. The zero-order chi connectivity index (χ0) is 11.3. The number of thiophene rings is 1. The van der Waals surface area contributed by atoms with E-state index in [1.165, 1.54) is 0 Å². The minimum Gasteiger partial charge on any atom is -0.386 e. The van der Waals surface area contributed by atoms with Crippen LogP contribution in [0.5, 0.6) is 0 Å². The molecule has 1 aromatic heterocycles. The molecule has 0 aromatic carbocycles. The fourth-order valence-corrected chi connectivity index (χ4v) is 1.98. The van der Waals surface area contributed by atoms with Crippen molar-refractivity contribution in [2.24, 2.45) is 11.8 Å². The van der Waals surface area contributed by atoms with E-state index < -0.39 is 0 Å². The van der Waals surface area contributed by atoms with Gasteiger partial charge in [-0.2, -0.15) is 0 Å². The molecule has 0 saturated carbocycles. The van der Waals surface area contributed by atoms with E-state index in [2.05, 4.69) is 26.1 Å². The predicted octanol–water partition coefficient (Wildman–Crippen LogP) is 2.66.